The van der Waals surface area contributed by atoms with Crippen LogP contribution in [0.25, 0.3) is 0 Å². The molecule has 6 nitrogen and oxygen atoms in total. The van der Waals surface area contributed by atoms with Crippen molar-refractivity contribution in [1.82, 2.24) is 4.98 Å². The van der Waals surface area contributed by atoms with Gasteiger partial charge in [0.1, 0.15) is 6.61 Å². The van der Waals surface area contributed by atoms with Crippen molar-refractivity contribution in [2.75, 3.05) is 6.61 Å². The normalized spacial score (nSPS) is 11.3. The Kier molecular flexibility index (Phi) is 4.61. The highest BCUT2D eigenvalue weighted by atomic mass is 16.6. The molecule has 2 N–H and O–H groups in total. The van der Waals surface area contributed by atoms with Crippen LogP contribution in [0, 0.1) is 17.0 Å². The van der Waals surface area contributed by atoms with E-state index in [1.165, 1.54) is 6.07 Å². The smallest absolute Gasteiger partial charge is 0.331 e. The second-order valence-electron chi connectivity index (χ2n) is 4.45. The van der Waals surface area contributed by atoms with Crippen LogP contribution >= 0.6 is 0 Å². The maximum atomic E-state index is 10.9. The van der Waals surface area contributed by atoms with Crippen molar-refractivity contribution in [2.45, 2.75) is 39.2 Å². The number of aryl methyl sites for hydroxylation is 1. The summed E-state index contributed by atoms with van der Waals surface area (Å²) in [5.74, 6) is 0.0299. The minimum Gasteiger partial charge on any atom is -0.471 e. The third-order valence-corrected chi connectivity index (χ3v) is 3.07. The van der Waals surface area contributed by atoms with Gasteiger partial charge in [-0.2, -0.15) is 0 Å². The fraction of sp³-hybridized carbons (Fsp3) is 0.583. The van der Waals surface area contributed by atoms with Crippen LogP contribution in [-0.4, -0.2) is 22.1 Å². The van der Waals surface area contributed by atoms with Crippen molar-refractivity contribution in [1.29, 1.82) is 0 Å². The van der Waals surface area contributed by atoms with E-state index >= 15 is 0 Å². The number of hydrogen-bond donors (Lipinski definition) is 1. The van der Waals surface area contributed by atoms with Crippen molar-refractivity contribution in [3.63, 3.8) is 0 Å². The van der Waals surface area contributed by atoms with E-state index in [4.69, 9.17) is 10.5 Å². The molecule has 1 heterocycles. The number of hydrogen-bond acceptors (Lipinski definition) is 5. The Hall–Kier alpha value is -1.69. The van der Waals surface area contributed by atoms with Crippen molar-refractivity contribution in [3.8, 4) is 5.88 Å². The molecule has 18 heavy (non-hydrogen) atoms. The Morgan fingerprint density at radius 3 is 2.61 bits per heavy atom. The van der Waals surface area contributed by atoms with Gasteiger partial charge in [-0.05, 0) is 25.3 Å². The van der Waals surface area contributed by atoms with Gasteiger partial charge in [0.2, 0.25) is 0 Å². The molecule has 0 spiro atoms. The lowest BCUT2D eigenvalue weighted by Gasteiger charge is -2.25. The Morgan fingerprint density at radius 1 is 1.50 bits per heavy atom. The SMILES string of the molecule is CCC(N)(CC)COc1ncc(C)cc1[N+](=O)[O-]. The summed E-state index contributed by atoms with van der Waals surface area (Å²) in [6.07, 6.45) is 3.02. The van der Waals surface area contributed by atoms with Gasteiger partial charge in [0.05, 0.1) is 4.92 Å². The molecular weight excluding hydrogens is 234 g/mol. The number of ether oxygens (including phenoxy) is 1. The predicted molar refractivity (Wildman–Crippen MR) is 68.6 cm³/mol. The zero-order valence-corrected chi connectivity index (χ0v) is 11.0. The molecule has 0 aliphatic heterocycles. The number of rotatable bonds is 6. The fourth-order valence-corrected chi connectivity index (χ4v) is 1.45. The molecule has 0 atom stereocenters. The molecular formula is C12H19N3O3. The van der Waals surface area contributed by atoms with E-state index < -0.39 is 10.5 Å². The summed E-state index contributed by atoms with van der Waals surface area (Å²) >= 11 is 0. The number of aromatic nitrogens is 1. The van der Waals surface area contributed by atoms with E-state index in [9.17, 15) is 10.1 Å². The number of nitro groups is 1. The Morgan fingerprint density at radius 2 is 2.11 bits per heavy atom. The first kappa shape index (κ1) is 14.4. The van der Waals surface area contributed by atoms with Gasteiger partial charge in [-0.25, -0.2) is 4.98 Å². The van der Waals surface area contributed by atoms with Gasteiger partial charge in [-0.15, -0.1) is 0 Å². The lowest BCUT2D eigenvalue weighted by atomic mass is 9.96. The molecule has 0 aromatic carbocycles. The summed E-state index contributed by atoms with van der Waals surface area (Å²) in [6, 6.07) is 1.44. The third kappa shape index (κ3) is 3.40. The number of nitrogens with two attached hydrogens (primary N) is 1. The van der Waals surface area contributed by atoms with Crippen molar-refractivity contribution in [2.24, 2.45) is 5.73 Å². The molecule has 0 radical (unpaired) electrons. The molecule has 0 saturated carbocycles. The summed E-state index contributed by atoms with van der Waals surface area (Å²) in [4.78, 5) is 14.3. The lowest BCUT2D eigenvalue weighted by molar-refractivity contribution is -0.386. The van der Waals surface area contributed by atoms with Gasteiger partial charge >= 0.3 is 5.69 Å². The van der Waals surface area contributed by atoms with E-state index in [0.29, 0.717) is 0 Å². The third-order valence-electron chi connectivity index (χ3n) is 3.07. The molecule has 0 amide bonds. The average Bonchev–Trinajstić information content (AvgIpc) is 2.36. The van der Waals surface area contributed by atoms with E-state index in [0.717, 1.165) is 18.4 Å². The van der Waals surface area contributed by atoms with Crippen LogP contribution in [0.1, 0.15) is 32.3 Å². The van der Waals surface area contributed by atoms with Crippen LogP contribution in [-0.2, 0) is 0 Å². The fourth-order valence-electron chi connectivity index (χ4n) is 1.45. The topological polar surface area (TPSA) is 91.3 Å². The maximum Gasteiger partial charge on any atom is 0.331 e. The minimum atomic E-state index is -0.495. The molecule has 1 rings (SSSR count). The second-order valence-corrected chi connectivity index (χ2v) is 4.45. The Bertz CT molecular complexity index is 431. The summed E-state index contributed by atoms with van der Waals surface area (Å²) in [7, 11) is 0. The molecule has 0 saturated heterocycles. The van der Waals surface area contributed by atoms with Crippen LogP contribution in [0.4, 0.5) is 5.69 Å². The first-order valence-corrected chi connectivity index (χ1v) is 5.94. The zero-order chi connectivity index (χ0) is 13.8. The lowest BCUT2D eigenvalue weighted by Crippen LogP contribution is -2.44. The Balaban J connectivity index is 2.88. The maximum absolute atomic E-state index is 10.9. The van der Waals surface area contributed by atoms with E-state index in [-0.39, 0.29) is 18.2 Å². The van der Waals surface area contributed by atoms with Crippen molar-refractivity contribution in [3.05, 3.63) is 27.9 Å². The first-order chi connectivity index (χ1) is 8.41. The van der Waals surface area contributed by atoms with Crippen molar-refractivity contribution >= 4 is 5.69 Å². The monoisotopic (exact) mass is 253 g/mol. The molecule has 1 aromatic rings. The Labute approximate surface area is 106 Å². The predicted octanol–water partition coefficient (Wildman–Crippen LogP) is 2.19. The molecule has 100 valence electrons. The summed E-state index contributed by atoms with van der Waals surface area (Å²) in [6.45, 7) is 5.89. The van der Waals surface area contributed by atoms with E-state index in [1.54, 1.807) is 13.1 Å². The highest BCUT2D eigenvalue weighted by Crippen LogP contribution is 2.26. The number of pyridine rings is 1. The van der Waals surface area contributed by atoms with E-state index in [2.05, 4.69) is 4.98 Å². The number of nitrogens with zero attached hydrogens (tertiary/aromatic N) is 2. The zero-order valence-electron chi connectivity index (χ0n) is 11.0. The van der Waals surface area contributed by atoms with Crippen LogP contribution in [0.15, 0.2) is 12.3 Å². The highest BCUT2D eigenvalue weighted by Gasteiger charge is 2.24. The van der Waals surface area contributed by atoms with Crippen LogP contribution in [0.5, 0.6) is 5.88 Å². The summed E-state index contributed by atoms with van der Waals surface area (Å²) in [5, 5.41) is 10.9. The summed E-state index contributed by atoms with van der Waals surface area (Å²) < 4.78 is 5.42. The molecule has 0 fully saturated rings. The molecule has 1 aromatic heterocycles. The largest absolute Gasteiger partial charge is 0.471 e. The molecule has 0 bridgehead atoms. The van der Waals surface area contributed by atoms with Gasteiger partial charge in [-0.1, -0.05) is 13.8 Å². The highest BCUT2D eigenvalue weighted by molar-refractivity contribution is 5.42. The standard InChI is InChI=1S/C12H19N3O3/c1-4-12(13,5-2)8-18-11-10(15(16)17)6-9(3)7-14-11/h6-7H,4-5,8,13H2,1-3H3. The molecule has 0 aliphatic carbocycles. The molecule has 0 aliphatic rings. The molecule has 0 unspecified atom stereocenters. The summed E-state index contributed by atoms with van der Waals surface area (Å²) in [5.41, 5.74) is 6.21. The van der Waals surface area contributed by atoms with Gasteiger partial charge in [-0.3, -0.25) is 10.1 Å². The average molecular weight is 253 g/mol. The van der Waals surface area contributed by atoms with Crippen LogP contribution < -0.4 is 10.5 Å². The van der Waals surface area contributed by atoms with Gasteiger partial charge in [0.25, 0.3) is 5.88 Å². The van der Waals surface area contributed by atoms with E-state index in [1.807, 2.05) is 13.8 Å². The van der Waals surface area contributed by atoms with Crippen molar-refractivity contribution < 1.29 is 9.66 Å². The van der Waals surface area contributed by atoms with Gasteiger partial charge in [0.15, 0.2) is 0 Å². The quantitative estimate of drug-likeness (QED) is 0.619. The second kappa shape index (κ2) is 5.77. The van der Waals surface area contributed by atoms with Crippen LogP contribution in [0.3, 0.4) is 0 Å². The first-order valence-electron chi connectivity index (χ1n) is 5.94. The minimum absolute atomic E-state index is 0.0299. The van der Waals surface area contributed by atoms with Crippen LogP contribution in [0.2, 0.25) is 0 Å². The van der Waals surface area contributed by atoms with Gasteiger partial charge < -0.3 is 10.5 Å². The molecule has 6 heteroatoms. The van der Waals surface area contributed by atoms with Gasteiger partial charge in [0, 0.05) is 17.8 Å².